The van der Waals surface area contributed by atoms with Gasteiger partial charge in [-0.3, -0.25) is 10.1 Å². The number of nitro groups is 1. The SMILES string of the molecule is CCc1ncc2c(n1)CN(c1ncc(C(=O)OC)cc1[N+](=O)[O-])CC2. The number of aryl methyl sites for hydroxylation is 1. The molecule has 0 spiro atoms. The van der Waals surface area contributed by atoms with E-state index in [9.17, 15) is 14.9 Å². The summed E-state index contributed by atoms with van der Waals surface area (Å²) in [5, 5.41) is 11.4. The largest absolute Gasteiger partial charge is 0.465 e. The van der Waals surface area contributed by atoms with Crippen LogP contribution in [-0.4, -0.2) is 39.5 Å². The fourth-order valence-corrected chi connectivity index (χ4v) is 2.75. The minimum Gasteiger partial charge on any atom is -0.465 e. The first kappa shape index (κ1) is 16.7. The number of hydrogen-bond acceptors (Lipinski definition) is 8. The summed E-state index contributed by atoms with van der Waals surface area (Å²) in [5.74, 6) is 0.301. The van der Waals surface area contributed by atoms with Crippen LogP contribution in [0.5, 0.6) is 0 Å². The molecule has 2 aromatic heterocycles. The topological polar surface area (TPSA) is 111 Å². The molecule has 1 aliphatic heterocycles. The van der Waals surface area contributed by atoms with Gasteiger partial charge < -0.3 is 9.64 Å². The van der Waals surface area contributed by atoms with Crippen LogP contribution in [-0.2, 0) is 24.1 Å². The van der Waals surface area contributed by atoms with Crippen molar-refractivity contribution in [3.05, 3.63) is 51.2 Å². The van der Waals surface area contributed by atoms with Gasteiger partial charge >= 0.3 is 11.7 Å². The average molecular weight is 343 g/mol. The van der Waals surface area contributed by atoms with Gasteiger partial charge in [-0.2, -0.15) is 0 Å². The van der Waals surface area contributed by atoms with Gasteiger partial charge in [0, 0.05) is 31.4 Å². The van der Waals surface area contributed by atoms with Crippen molar-refractivity contribution in [3.63, 3.8) is 0 Å². The molecule has 9 heteroatoms. The Morgan fingerprint density at radius 2 is 2.20 bits per heavy atom. The van der Waals surface area contributed by atoms with E-state index in [4.69, 9.17) is 0 Å². The van der Waals surface area contributed by atoms with Crippen LogP contribution in [0.4, 0.5) is 11.5 Å². The number of ether oxygens (including phenoxy) is 1. The number of hydrogen-bond donors (Lipinski definition) is 0. The van der Waals surface area contributed by atoms with Gasteiger partial charge in [-0.05, 0) is 12.0 Å². The Morgan fingerprint density at radius 1 is 1.40 bits per heavy atom. The molecule has 0 aliphatic carbocycles. The van der Waals surface area contributed by atoms with Crippen LogP contribution in [0, 0.1) is 10.1 Å². The summed E-state index contributed by atoms with van der Waals surface area (Å²) in [7, 11) is 1.22. The van der Waals surface area contributed by atoms with Crippen LogP contribution in [0.1, 0.15) is 34.4 Å². The number of rotatable bonds is 4. The molecule has 0 atom stereocenters. The predicted molar refractivity (Wildman–Crippen MR) is 88.4 cm³/mol. The van der Waals surface area contributed by atoms with Gasteiger partial charge in [-0.15, -0.1) is 0 Å². The van der Waals surface area contributed by atoms with Crippen LogP contribution in [0.25, 0.3) is 0 Å². The number of nitrogens with zero attached hydrogens (tertiary/aromatic N) is 5. The number of methoxy groups -OCH3 is 1. The predicted octanol–water partition coefficient (Wildman–Crippen LogP) is 1.69. The molecule has 2 aromatic rings. The fraction of sp³-hybridized carbons (Fsp3) is 0.375. The number of carbonyl (C=O) groups excluding carboxylic acids is 1. The minimum atomic E-state index is -0.661. The summed E-state index contributed by atoms with van der Waals surface area (Å²) in [5.41, 5.74) is 1.72. The molecule has 3 heterocycles. The lowest BCUT2D eigenvalue weighted by Crippen LogP contribution is -2.32. The maximum absolute atomic E-state index is 11.6. The molecule has 0 bridgehead atoms. The Bertz CT molecular complexity index is 839. The molecule has 1 aliphatic rings. The van der Waals surface area contributed by atoms with E-state index in [0.29, 0.717) is 19.5 Å². The number of anilines is 1. The maximum Gasteiger partial charge on any atom is 0.339 e. The second-order valence-corrected chi connectivity index (χ2v) is 5.60. The number of fused-ring (bicyclic) bond motifs is 1. The Hall–Kier alpha value is -3.10. The lowest BCUT2D eigenvalue weighted by molar-refractivity contribution is -0.384. The van der Waals surface area contributed by atoms with Crippen molar-refractivity contribution < 1.29 is 14.5 Å². The van der Waals surface area contributed by atoms with Crippen LogP contribution in [0.15, 0.2) is 18.5 Å². The van der Waals surface area contributed by atoms with Gasteiger partial charge in [-0.25, -0.2) is 19.7 Å². The highest BCUT2D eigenvalue weighted by molar-refractivity contribution is 5.90. The molecule has 25 heavy (non-hydrogen) atoms. The van der Waals surface area contributed by atoms with Crippen molar-refractivity contribution in [2.24, 2.45) is 0 Å². The van der Waals surface area contributed by atoms with Gasteiger partial charge in [0.25, 0.3) is 0 Å². The monoisotopic (exact) mass is 343 g/mol. The standard InChI is InChI=1S/C16H17N5O4/c1-3-14-17-7-10-4-5-20(9-12(10)19-14)15-13(21(23)24)6-11(8-18-15)16(22)25-2/h6-8H,3-5,9H2,1-2H3. The first-order chi connectivity index (χ1) is 12.0. The number of carbonyl (C=O) groups is 1. The Labute approximate surface area is 143 Å². The fourth-order valence-electron chi connectivity index (χ4n) is 2.75. The van der Waals surface area contributed by atoms with E-state index < -0.39 is 10.9 Å². The van der Waals surface area contributed by atoms with E-state index in [-0.39, 0.29) is 17.1 Å². The number of pyridine rings is 1. The highest BCUT2D eigenvalue weighted by Gasteiger charge is 2.27. The van der Waals surface area contributed by atoms with Gasteiger partial charge in [0.2, 0.25) is 5.82 Å². The van der Waals surface area contributed by atoms with Crippen LogP contribution >= 0.6 is 0 Å². The van der Waals surface area contributed by atoms with Crippen LogP contribution < -0.4 is 4.90 Å². The van der Waals surface area contributed by atoms with Crippen molar-refractivity contribution in [2.45, 2.75) is 26.3 Å². The van der Waals surface area contributed by atoms with Crippen molar-refractivity contribution >= 4 is 17.5 Å². The number of aromatic nitrogens is 3. The zero-order chi connectivity index (χ0) is 18.0. The molecule has 130 valence electrons. The first-order valence-corrected chi connectivity index (χ1v) is 7.84. The summed E-state index contributed by atoms with van der Waals surface area (Å²) in [6.07, 6.45) is 4.51. The molecule has 0 aromatic carbocycles. The van der Waals surface area contributed by atoms with E-state index in [1.165, 1.54) is 19.4 Å². The second kappa shape index (κ2) is 6.80. The number of esters is 1. The third kappa shape index (κ3) is 3.25. The molecule has 0 radical (unpaired) electrons. The van der Waals surface area contributed by atoms with Gasteiger partial charge in [-0.1, -0.05) is 6.92 Å². The Morgan fingerprint density at radius 3 is 2.88 bits per heavy atom. The van der Waals surface area contributed by atoms with Crippen LogP contribution in [0.2, 0.25) is 0 Å². The Balaban J connectivity index is 1.96. The van der Waals surface area contributed by atoms with E-state index >= 15 is 0 Å². The normalized spacial score (nSPS) is 13.3. The second-order valence-electron chi connectivity index (χ2n) is 5.60. The zero-order valence-corrected chi connectivity index (χ0v) is 13.9. The van der Waals surface area contributed by atoms with E-state index in [0.717, 1.165) is 23.5 Å². The Kier molecular flexibility index (Phi) is 4.55. The van der Waals surface area contributed by atoms with Crippen molar-refractivity contribution in [1.82, 2.24) is 15.0 Å². The highest BCUT2D eigenvalue weighted by atomic mass is 16.6. The third-order valence-corrected chi connectivity index (χ3v) is 4.08. The summed E-state index contributed by atoms with van der Waals surface area (Å²) in [4.78, 5) is 37.2. The van der Waals surface area contributed by atoms with E-state index in [2.05, 4.69) is 19.7 Å². The molecule has 9 nitrogen and oxygen atoms in total. The van der Waals surface area contributed by atoms with Crippen molar-refractivity contribution in [1.29, 1.82) is 0 Å². The maximum atomic E-state index is 11.6. The quantitative estimate of drug-likeness (QED) is 0.468. The lowest BCUT2D eigenvalue weighted by Gasteiger charge is -2.28. The molecule has 3 rings (SSSR count). The summed E-state index contributed by atoms with van der Waals surface area (Å²) in [6.45, 7) is 2.95. The minimum absolute atomic E-state index is 0.0472. The smallest absolute Gasteiger partial charge is 0.339 e. The molecular weight excluding hydrogens is 326 g/mol. The van der Waals surface area contributed by atoms with Crippen molar-refractivity contribution in [3.8, 4) is 0 Å². The van der Waals surface area contributed by atoms with Gasteiger partial charge in [0.15, 0.2) is 0 Å². The molecule has 0 amide bonds. The molecule has 0 N–H and O–H groups in total. The highest BCUT2D eigenvalue weighted by Crippen LogP contribution is 2.30. The zero-order valence-electron chi connectivity index (χ0n) is 13.9. The van der Waals surface area contributed by atoms with E-state index in [1.807, 2.05) is 13.1 Å². The van der Waals surface area contributed by atoms with Gasteiger partial charge in [0.1, 0.15) is 5.82 Å². The van der Waals surface area contributed by atoms with E-state index in [1.54, 1.807) is 4.90 Å². The molecule has 0 saturated heterocycles. The summed E-state index contributed by atoms with van der Waals surface area (Å²) < 4.78 is 4.60. The molecule has 0 saturated carbocycles. The molecule has 0 unspecified atom stereocenters. The van der Waals surface area contributed by atoms with Crippen molar-refractivity contribution in [2.75, 3.05) is 18.6 Å². The third-order valence-electron chi connectivity index (χ3n) is 4.08. The molecule has 0 fully saturated rings. The average Bonchev–Trinajstić information content (AvgIpc) is 2.65. The van der Waals surface area contributed by atoms with Gasteiger partial charge in [0.05, 0.1) is 29.8 Å². The molecular formula is C16H17N5O4. The first-order valence-electron chi connectivity index (χ1n) is 7.84. The van der Waals surface area contributed by atoms with Crippen LogP contribution in [0.3, 0.4) is 0 Å². The summed E-state index contributed by atoms with van der Waals surface area (Å²) >= 11 is 0. The lowest BCUT2D eigenvalue weighted by atomic mass is 10.1. The summed E-state index contributed by atoms with van der Waals surface area (Å²) in [6, 6.07) is 1.20.